The molecule has 0 aliphatic carbocycles. The summed E-state index contributed by atoms with van der Waals surface area (Å²) in [6, 6.07) is 5.40. The first-order valence-corrected chi connectivity index (χ1v) is 8.46. The SMILES string of the molecule is Cc1ccc(S(=O)(=O)N2CCCC(C)(O)CC2)c(C)c1. The maximum Gasteiger partial charge on any atom is 0.243 e. The van der Waals surface area contributed by atoms with Crippen molar-refractivity contribution in [2.75, 3.05) is 13.1 Å². The van der Waals surface area contributed by atoms with E-state index >= 15 is 0 Å². The monoisotopic (exact) mass is 297 g/mol. The Labute approximate surface area is 121 Å². The molecule has 0 aromatic heterocycles. The quantitative estimate of drug-likeness (QED) is 0.910. The van der Waals surface area contributed by atoms with Crippen molar-refractivity contribution in [3.63, 3.8) is 0 Å². The Balaban J connectivity index is 2.30. The molecular weight excluding hydrogens is 274 g/mol. The Hall–Kier alpha value is -0.910. The second-order valence-electron chi connectivity index (χ2n) is 6.02. The van der Waals surface area contributed by atoms with Crippen LogP contribution in [0, 0.1) is 13.8 Å². The third-order valence-corrected chi connectivity index (χ3v) is 6.03. The Morgan fingerprint density at radius 2 is 1.90 bits per heavy atom. The van der Waals surface area contributed by atoms with Gasteiger partial charge in [-0.25, -0.2) is 8.42 Å². The summed E-state index contributed by atoms with van der Waals surface area (Å²) in [6.45, 7) is 6.41. The van der Waals surface area contributed by atoms with Gasteiger partial charge in [-0.2, -0.15) is 4.31 Å². The number of nitrogens with zero attached hydrogens (tertiary/aromatic N) is 1. The number of benzene rings is 1. The van der Waals surface area contributed by atoms with Crippen LogP contribution in [0.2, 0.25) is 0 Å². The molecule has 1 aliphatic heterocycles. The molecule has 0 radical (unpaired) electrons. The van der Waals surface area contributed by atoms with Gasteiger partial charge in [-0.1, -0.05) is 17.7 Å². The minimum absolute atomic E-state index is 0.378. The summed E-state index contributed by atoms with van der Waals surface area (Å²) in [7, 11) is -3.46. The van der Waals surface area contributed by atoms with Crippen molar-refractivity contribution in [2.24, 2.45) is 0 Å². The van der Waals surface area contributed by atoms with Gasteiger partial charge >= 0.3 is 0 Å². The fourth-order valence-electron chi connectivity index (χ4n) is 2.71. The molecule has 1 heterocycles. The lowest BCUT2D eigenvalue weighted by Gasteiger charge is -2.23. The highest BCUT2D eigenvalue weighted by atomic mass is 32.2. The van der Waals surface area contributed by atoms with Crippen molar-refractivity contribution in [1.82, 2.24) is 4.31 Å². The Bertz CT molecular complexity index is 593. The van der Waals surface area contributed by atoms with Crippen LogP contribution in [0.4, 0.5) is 0 Å². The van der Waals surface area contributed by atoms with Crippen LogP contribution >= 0.6 is 0 Å². The van der Waals surface area contributed by atoms with Gasteiger partial charge < -0.3 is 5.11 Å². The zero-order chi connectivity index (χ0) is 15.0. The Morgan fingerprint density at radius 1 is 1.20 bits per heavy atom. The van der Waals surface area contributed by atoms with Crippen LogP contribution < -0.4 is 0 Å². The van der Waals surface area contributed by atoms with E-state index in [0.29, 0.717) is 37.2 Å². The number of aliphatic hydroxyl groups is 1. The number of hydrogen-bond donors (Lipinski definition) is 1. The molecule has 5 heteroatoms. The van der Waals surface area contributed by atoms with Gasteiger partial charge in [0.25, 0.3) is 0 Å². The Kier molecular flexibility index (Phi) is 4.23. The summed E-state index contributed by atoms with van der Waals surface area (Å²) in [4.78, 5) is 0.379. The predicted molar refractivity (Wildman–Crippen MR) is 79.1 cm³/mol. The summed E-state index contributed by atoms with van der Waals surface area (Å²) in [6.07, 6.45) is 1.82. The highest BCUT2D eigenvalue weighted by Gasteiger charge is 2.32. The number of rotatable bonds is 2. The lowest BCUT2D eigenvalue weighted by atomic mass is 9.98. The van der Waals surface area contributed by atoms with E-state index in [9.17, 15) is 13.5 Å². The fraction of sp³-hybridized carbons (Fsp3) is 0.600. The second kappa shape index (κ2) is 5.47. The van der Waals surface area contributed by atoms with Crippen molar-refractivity contribution in [3.8, 4) is 0 Å². The van der Waals surface area contributed by atoms with E-state index in [2.05, 4.69) is 0 Å². The molecule has 1 unspecified atom stereocenters. The average Bonchev–Trinajstić information content (AvgIpc) is 2.50. The summed E-state index contributed by atoms with van der Waals surface area (Å²) in [5, 5.41) is 10.1. The first kappa shape index (κ1) is 15.5. The minimum Gasteiger partial charge on any atom is -0.390 e. The number of hydrogen-bond acceptors (Lipinski definition) is 3. The van der Waals surface area contributed by atoms with Crippen LogP contribution in [-0.2, 0) is 10.0 Å². The molecular formula is C15H23NO3S. The van der Waals surface area contributed by atoms with Crippen LogP contribution in [0.15, 0.2) is 23.1 Å². The lowest BCUT2D eigenvalue weighted by molar-refractivity contribution is 0.0465. The van der Waals surface area contributed by atoms with E-state index < -0.39 is 15.6 Å². The molecule has 1 aliphatic rings. The topological polar surface area (TPSA) is 57.6 Å². The smallest absolute Gasteiger partial charge is 0.243 e. The van der Waals surface area contributed by atoms with E-state index in [4.69, 9.17) is 0 Å². The normalized spacial score (nSPS) is 25.4. The molecule has 1 aromatic rings. The third kappa shape index (κ3) is 3.22. The van der Waals surface area contributed by atoms with Gasteiger partial charge in [-0.05, 0) is 51.7 Å². The number of aryl methyl sites for hydroxylation is 2. The summed E-state index contributed by atoms with van der Waals surface area (Å²) < 4.78 is 27.0. The first-order chi connectivity index (χ1) is 9.22. The van der Waals surface area contributed by atoms with Gasteiger partial charge in [-0.3, -0.25) is 0 Å². The van der Waals surface area contributed by atoms with Crippen molar-refractivity contribution in [3.05, 3.63) is 29.3 Å². The average molecular weight is 297 g/mol. The lowest BCUT2D eigenvalue weighted by Crippen LogP contribution is -2.33. The molecule has 0 bridgehead atoms. The van der Waals surface area contributed by atoms with E-state index in [-0.39, 0.29) is 0 Å². The van der Waals surface area contributed by atoms with Gasteiger partial charge in [-0.15, -0.1) is 0 Å². The van der Waals surface area contributed by atoms with Crippen molar-refractivity contribution in [1.29, 1.82) is 0 Å². The maximum absolute atomic E-state index is 12.7. The van der Waals surface area contributed by atoms with E-state index in [1.165, 1.54) is 4.31 Å². The van der Waals surface area contributed by atoms with Crippen LogP contribution in [0.5, 0.6) is 0 Å². The summed E-state index contributed by atoms with van der Waals surface area (Å²) in [5.41, 5.74) is 1.08. The van der Waals surface area contributed by atoms with Gasteiger partial charge in [0.2, 0.25) is 10.0 Å². The summed E-state index contributed by atoms with van der Waals surface area (Å²) >= 11 is 0. The van der Waals surface area contributed by atoms with E-state index in [0.717, 1.165) is 11.1 Å². The molecule has 1 N–H and O–H groups in total. The Morgan fingerprint density at radius 3 is 2.55 bits per heavy atom. The molecule has 1 fully saturated rings. The van der Waals surface area contributed by atoms with E-state index in [1.807, 2.05) is 26.0 Å². The molecule has 112 valence electrons. The van der Waals surface area contributed by atoms with Gasteiger partial charge in [0, 0.05) is 13.1 Å². The van der Waals surface area contributed by atoms with Crippen LogP contribution in [0.3, 0.4) is 0 Å². The summed E-state index contributed by atoms with van der Waals surface area (Å²) in [5.74, 6) is 0. The first-order valence-electron chi connectivity index (χ1n) is 7.02. The van der Waals surface area contributed by atoms with Crippen LogP contribution in [0.1, 0.15) is 37.3 Å². The molecule has 1 saturated heterocycles. The minimum atomic E-state index is -3.46. The van der Waals surface area contributed by atoms with Crippen molar-refractivity contribution < 1.29 is 13.5 Å². The zero-order valence-electron chi connectivity index (χ0n) is 12.4. The van der Waals surface area contributed by atoms with Crippen molar-refractivity contribution >= 4 is 10.0 Å². The number of sulfonamides is 1. The molecule has 4 nitrogen and oxygen atoms in total. The molecule has 1 atom stereocenters. The largest absolute Gasteiger partial charge is 0.390 e. The molecule has 20 heavy (non-hydrogen) atoms. The molecule has 0 spiro atoms. The molecule has 2 rings (SSSR count). The van der Waals surface area contributed by atoms with E-state index in [1.54, 1.807) is 13.0 Å². The standard InChI is InChI=1S/C15H23NO3S/c1-12-5-6-14(13(2)11-12)20(18,19)16-9-4-7-15(3,17)8-10-16/h5-6,11,17H,4,7-10H2,1-3H3. The van der Waals surface area contributed by atoms with Gasteiger partial charge in [0.05, 0.1) is 10.5 Å². The van der Waals surface area contributed by atoms with Gasteiger partial charge in [0.1, 0.15) is 0 Å². The predicted octanol–water partition coefficient (Wildman–Crippen LogP) is 2.23. The zero-order valence-corrected chi connectivity index (χ0v) is 13.2. The molecule has 1 aromatic carbocycles. The molecule has 0 saturated carbocycles. The third-order valence-electron chi connectivity index (χ3n) is 3.97. The van der Waals surface area contributed by atoms with Gasteiger partial charge in [0.15, 0.2) is 0 Å². The second-order valence-corrected chi connectivity index (χ2v) is 7.93. The fourth-order valence-corrected chi connectivity index (χ4v) is 4.39. The van der Waals surface area contributed by atoms with Crippen LogP contribution in [0.25, 0.3) is 0 Å². The molecule has 0 amide bonds. The maximum atomic E-state index is 12.7. The highest BCUT2D eigenvalue weighted by Crippen LogP contribution is 2.27. The van der Waals surface area contributed by atoms with Crippen LogP contribution in [-0.4, -0.2) is 36.5 Å². The van der Waals surface area contributed by atoms with Crippen molar-refractivity contribution in [2.45, 2.75) is 50.5 Å². The highest BCUT2D eigenvalue weighted by molar-refractivity contribution is 7.89.